The quantitative estimate of drug-likeness (QED) is 0.669. The van der Waals surface area contributed by atoms with Crippen LogP contribution in [-0.4, -0.2) is 22.8 Å². The van der Waals surface area contributed by atoms with Crippen LogP contribution >= 0.6 is 0 Å². The number of aliphatic hydroxyl groups excluding tert-OH is 1. The van der Waals surface area contributed by atoms with Crippen molar-refractivity contribution >= 4 is 0 Å². The van der Waals surface area contributed by atoms with E-state index in [1.54, 1.807) is 0 Å². The molecule has 2 N–H and O–H groups in total. The van der Waals surface area contributed by atoms with E-state index in [0.29, 0.717) is 0 Å². The van der Waals surface area contributed by atoms with Gasteiger partial charge in [0.15, 0.2) is 0 Å². The van der Waals surface area contributed by atoms with E-state index in [0.717, 1.165) is 19.3 Å². The number of aliphatic hydroxyl groups is 1. The van der Waals surface area contributed by atoms with Crippen LogP contribution in [0.1, 0.15) is 53.9 Å². The molecule has 2 heteroatoms. The first-order valence-corrected chi connectivity index (χ1v) is 5.29. The predicted octanol–water partition coefficient (Wildman–Crippen LogP) is 2.32. The minimum atomic E-state index is 0.0776. The maximum Gasteiger partial charge on any atom is 0.0448 e. The lowest BCUT2D eigenvalue weighted by Crippen LogP contribution is -2.53. The fourth-order valence-corrected chi connectivity index (χ4v) is 1.48. The molecule has 0 aliphatic carbocycles. The molecule has 80 valence electrons. The average Bonchev–Trinajstić information content (AvgIpc) is 2.04. The van der Waals surface area contributed by atoms with Crippen LogP contribution in [-0.2, 0) is 0 Å². The Morgan fingerprint density at radius 2 is 1.62 bits per heavy atom. The number of rotatable bonds is 6. The summed E-state index contributed by atoms with van der Waals surface area (Å²) >= 11 is 0. The third kappa shape index (κ3) is 4.63. The van der Waals surface area contributed by atoms with Crippen LogP contribution < -0.4 is 5.32 Å². The summed E-state index contributed by atoms with van der Waals surface area (Å²) in [5, 5.41) is 12.6. The fourth-order valence-electron chi connectivity index (χ4n) is 1.48. The summed E-state index contributed by atoms with van der Waals surface area (Å²) in [5.41, 5.74) is 0.244. The van der Waals surface area contributed by atoms with Gasteiger partial charge in [-0.25, -0.2) is 0 Å². The van der Waals surface area contributed by atoms with Crippen LogP contribution in [0.25, 0.3) is 0 Å². The van der Waals surface area contributed by atoms with Crippen molar-refractivity contribution in [3.8, 4) is 0 Å². The maximum absolute atomic E-state index is 8.96. The Morgan fingerprint density at radius 1 is 1.08 bits per heavy atom. The van der Waals surface area contributed by atoms with E-state index in [4.69, 9.17) is 5.11 Å². The van der Waals surface area contributed by atoms with Crippen LogP contribution in [0.3, 0.4) is 0 Å². The molecule has 0 heterocycles. The molecule has 13 heavy (non-hydrogen) atoms. The lowest BCUT2D eigenvalue weighted by atomic mass is 9.89. The van der Waals surface area contributed by atoms with E-state index >= 15 is 0 Å². The third-order valence-electron chi connectivity index (χ3n) is 2.97. The van der Waals surface area contributed by atoms with Crippen LogP contribution in [0.15, 0.2) is 0 Å². The van der Waals surface area contributed by atoms with Crippen LogP contribution in [0.4, 0.5) is 0 Å². The molecule has 0 unspecified atom stereocenters. The summed E-state index contributed by atoms with van der Waals surface area (Å²) in [4.78, 5) is 0. The number of hydrogen-bond donors (Lipinski definition) is 2. The van der Waals surface area contributed by atoms with Crippen molar-refractivity contribution in [2.45, 2.75) is 65.0 Å². The van der Waals surface area contributed by atoms with Gasteiger partial charge in [-0.15, -0.1) is 0 Å². The van der Waals surface area contributed by atoms with Crippen LogP contribution in [0.2, 0.25) is 0 Å². The highest BCUT2D eigenvalue weighted by Crippen LogP contribution is 2.20. The van der Waals surface area contributed by atoms with E-state index in [-0.39, 0.29) is 17.7 Å². The van der Waals surface area contributed by atoms with Crippen molar-refractivity contribution in [3.63, 3.8) is 0 Å². The van der Waals surface area contributed by atoms with Crippen molar-refractivity contribution in [1.29, 1.82) is 0 Å². The number of hydrogen-bond acceptors (Lipinski definition) is 2. The normalized spacial score (nSPS) is 17.1. The molecule has 0 aliphatic rings. The summed E-state index contributed by atoms with van der Waals surface area (Å²) < 4.78 is 0. The van der Waals surface area contributed by atoms with Crippen LogP contribution in [0.5, 0.6) is 0 Å². The van der Waals surface area contributed by atoms with Crippen molar-refractivity contribution in [2.75, 3.05) is 6.61 Å². The minimum Gasteiger partial charge on any atom is -0.396 e. The molecule has 0 amide bonds. The van der Waals surface area contributed by atoms with Gasteiger partial charge in [0.25, 0.3) is 0 Å². The summed E-state index contributed by atoms with van der Waals surface area (Å²) in [5.74, 6) is 0. The summed E-state index contributed by atoms with van der Waals surface area (Å²) in [6.45, 7) is 11.2. The fraction of sp³-hybridized carbons (Fsp3) is 1.00. The highest BCUT2D eigenvalue weighted by Gasteiger charge is 2.27. The molecule has 0 aromatic rings. The molecule has 0 spiro atoms. The van der Waals surface area contributed by atoms with Crippen molar-refractivity contribution < 1.29 is 5.11 Å². The maximum atomic E-state index is 8.96. The predicted molar refractivity (Wildman–Crippen MR) is 57.9 cm³/mol. The largest absolute Gasteiger partial charge is 0.396 e. The SMILES string of the molecule is CCC(C)(C)N[C@](C)(CC)CCO. The zero-order chi connectivity index (χ0) is 10.5. The molecule has 0 aliphatic heterocycles. The van der Waals surface area contributed by atoms with Gasteiger partial charge in [-0.3, -0.25) is 0 Å². The summed E-state index contributed by atoms with van der Waals surface area (Å²) in [7, 11) is 0. The Kier molecular flexibility index (Phi) is 4.93. The van der Waals surface area contributed by atoms with E-state index in [2.05, 4.69) is 39.9 Å². The molecule has 0 rings (SSSR count). The topological polar surface area (TPSA) is 32.3 Å². The van der Waals surface area contributed by atoms with Gasteiger partial charge in [0, 0.05) is 17.7 Å². The van der Waals surface area contributed by atoms with E-state index in [1.807, 2.05) is 0 Å². The molecule has 2 nitrogen and oxygen atoms in total. The van der Waals surface area contributed by atoms with Gasteiger partial charge in [0.1, 0.15) is 0 Å². The molecule has 1 atom stereocenters. The van der Waals surface area contributed by atoms with E-state index < -0.39 is 0 Å². The monoisotopic (exact) mass is 187 g/mol. The number of nitrogens with one attached hydrogen (secondary N) is 1. The van der Waals surface area contributed by atoms with Crippen molar-refractivity contribution in [1.82, 2.24) is 5.32 Å². The third-order valence-corrected chi connectivity index (χ3v) is 2.97. The first kappa shape index (κ1) is 12.9. The van der Waals surface area contributed by atoms with Gasteiger partial charge in [-0.1, -0.05) is 13.8 Å². The molecular weight excluding hydrogens is 162 g/mol. The Hall–Kier alpha value is -0.0800. The second kappa shape index (κ2) is 4.97. The van der Waals surface area contributed by atoms with Gasteiger partial charge in [0.2, 0.25) is 0 Å². The molecule has 0 saturated carbocycles. The van der Waals surface area contributed by atoms with Crippen molar-refractivity contribution in [2.24, 2.45) is 0 Å². The Balaban J connectivity index is 4.25. The summed E-state index contributed by atoms with van der Waals surface area (Å²) in [6.07, 6.45) is 2.98. The first-order valence-electron chi connectivity index (χ1n) is 5.29. The minimum absolute atomic E-state index is 0.0776. The highest BCUT2D eigenvalue weighted by molar-refractivity contribution is 4.89. The second-order valence-electron chi connectivity index (χ2n) is 4.75. The highest BCUT2D eigenvalue weighted by atomic mass is 16.3. The van der Waals surface area contributed by atoms with Gasteiger partial charge in [-0.2, -0.15) is 0 Å². The Labute approximate surface area is 82.7 Å². The lowest BCUT2D eigenvalue weighted by Gasteiger charge is -2.38. The Morgan fingerprint density at radius 3 is 1.92 bits per heavy atom. The lowest BCUT2D eigenvalue weighted by molar-refractivity contribution is 0.175. The Bertz CT molecular complexity index is 145. The van der Waals surface area contributed by atoms with Crippen LogP contribution in [0, 0.1) is 0 Å². The first-order chi connectivity index (χ1) is 5.89. The van der Waals surface area contributed by atoms with Crippen molar-refractivity contribution in [3.05, 3.63) is 0 Å². The van der Waals surface area contributed by atoms with Gasteiger partial charge < -0.3 is 10.4 Å². The molecule has 0 radical (unpaired) electrons. The molecule has 0 fully saturated rings. The zero-order valence-corrected chi connectivity index (χ0v) is 9.78. The average molecular weight is 187 g/mol. The van der Waals surface area contributed by atoms with E-state index in [9.17, 15) is 0 Å². The molecule has 0 bridgehead atoms. The van der Waals surface area contributed by atoms with Gasteiger partial charge in [-0.05, 0) is 40.0 Å². The van der Waals surface area contributed by atoms with Gasteiger partial charge >= 0.3 is 0 Å². The van der Waals surface area contributed by atoms with Gasteiger partial charge in [0.05, 0.1) is 0 Å². The zero-order valence-electron chi connectivity index (χ0n) is 9.78. The summed E-state index contributed by atoms with van der Waals surface area (Å²) in [6, 6.07) is 0. The molecule has 0 aromatic heterocycles. The molecule has 0 aromatic carbocycles. The standard InChI is InChI=1S/C11H25NO/c1-6-10(3,4)12-11(5,7-2)8-9-13/h12-13H,6-9H2,1-5H3/t11-/m1/s1. The molecular formula is C11H25NO. The second-order valence-corrected chi connectivity index (χ2v) is 4.75. The smallest absolute Gasteiger partial charge is 0.0448 e. The van der Waals surface area contributed by atoms with E-state index in [1.165, 1.54) is 0 Å². The molecule has 0 saturated heterocycles.